The molecular weight excluding hydrogens is 272 g/mol. The predicted molar refractivity (Wildman–Crippen MR) is 81.8 cm³/mol. The van der Waals surface area contributed by atoms with Gasteiger partial charge in [-0.3, -0.25) is 14.5 Å². The lowest BCUT2D eigenvalue weighted by molar-refractivity contribution is -0.136. The molecule has 0 spiro atoms. The molecule has 0 aromatic heterocycles. The van der Waals surface area contributed by atoms with Crippen molar-refractivity contribution < 1.29 is 9.59 Å². The molecule has 2 heterocycles. The number of amides is 2. The first kappa shape index (κ1) is 14.7. The van der Waals surface area contributed by atoms with Gasteiger partial charge in [-0.1, -0.05) is 26.2 Å². The van der Waals surface area contributed by atoms with E-state index in [-0.39, 0.29) is 11.8 Å². The first-order chi connectivity index (χ1) is 8.74. The summed E-state index contributed by atoms with van der Waals surface area (Å²) >= 11 is 0. The van der Waals surface area contributed by atoms with Crippen LogP contribution >= 0.6 is 0 Å². The third-order valence-corrected chi connectivity index (χ3v) is 14.9. The van der Waals surface area contributed by atoms with Gasteiger partial charge in [-0.15, -0.1) is 0 Å². The molecule has 2 aliphatic heterocycles. The Balaban J connectivity index is 1.89. The van der Waals surface area contributed by atoms with E-state index < -0.39 is 16.5 Å². The minimum atomic E-state index is -1.22. The molecule has 4 nitrogen and oxygen atoms in total. The third-order valence-electron chi connectivity index (χ3n) is 4.47. The average Bonchev–Trinajstić information content (AvgIpc) is 2.72. The lowest BCUT2D eigenvalue weighted by Gasteiger charge is -2.39. The van der Waals surface area contributed by atoms with E-state index in [1.165, 1.54) is 29.1 Å². The largest absolute Gasteiger partial charge is 0.345 e. The van der Waals surface area contributed by atoms with E-state index in [4.69, 9.17) is 0 Å². The van der Waals surface area contributed by atoms with E-state index in [1.54, 1.807) is 0 Å². The van der Waals surface area contributed by atoms with Crippen molar-refractivity contribution in [3.05, 3.63) is 12.2 Å². The zero-order valence-electron chi connectivity index (χ0n) is 12.4. The smallest absolute Gasteiger partial charge is 0.253 e. The van der Waals surface area contributed by atoms with Crippen molar-refractivity contribution in [3.63, 3.8) is 0 Å². The fourth-order valence-electron chi connectivity index (χ4n) is 3.34. The van der Waals surface area contributed by atoms with Crippen LogP contribution in [-0.4, -0.2) is 50.5 Å². The highest BCUT2D eigenvalue weighted by Crippen LogP contribution is 2.36. The molecule has 2 amide bonds. The van der Waals surface area contributed by atoms with E-state index in [2.05, 4.69) is 30.4 Å². The van der Waals surface area contributed by atoms with Gasteiger partial charge in [0, 0.05) is 18.7 Å². The molecular formula is C13H24N2O2Si2. The molecule has 0 radical (unpaired) electrons. The van der Waals surface area contributed by atoms with Gasteiger partial charge in [0.15, 0.2) is 0 Å². The van der Waals surface area contributed by atoms with Crippen molar-refractivity contribution in [1.29, 1.82) is 0 Å². The quantitative estimate of drug-likeness (QED) is 0.589. The molecule has 19 heavy (non-hydrogen) atoms. The average molecular weight is 297 g/mol. The van der Waals surface area contributed by atoms with Gasteiger partial charge in [0.2, 0.25) is 0 Å². The molecule has 0 aliphatic carbocycles. The van der Waals surface area contributed by atoms with Gasteiger partial charge in [0.25, 0.3) is 11.8 Å². The molecule has 1 saturated heterocycles. The van der Waals surface area contributed by atoms with E-state index in [0.717, 1.165) is 13.0 Å². The minimum Gasteiger partial charge on any atom is -0.345 e. The Hall–Kier alpha value is -0.726. The van der Waals surface area contributed by atoms with E-state index in [0.29, 0.717) is 6.54 Å². The number of imide groups is 1. The fourth-order valence-corrected chi connectivity index (χ4v) is 17.5. The number of carbonyl (C=O) groups excluding carboxylic acids is 2. The van der Waals surface area contributed by atoms with Gasteiger partial charge in [0.05, 0.1) is 0 Å². The molecule has 0 unspecified atom stereocenters. The Bertz CT molecular complexity index is 398. The highest BCUT2D eigenvalue weighted by atomic mass is 28.4. The minimum absolute atomic E-state index is 0.153. The zero-order chi connectivity index (χ0) is 14.3. The maximum absolute atomic E-state index is 11.5. The Kier molecular flexibility index (Phi) is 3.86. The summed E-state index contributed by atoms with van der Waals surface area (Å²) in [6.45, 7) is 11.4. The van der Waals surface area contributed by atoms with Crippen LogP contribution in [0.2, 0.25) is 38.3 Å². The summed E-state index contributed by atoms with van der Waals surface area (Å²) in [6, 6.07) is 2.80. The molecule has 0 N–H and O–H groups in total. The summed E-state index contributed by atoms with van der Waals surface area (Å²) in [4.78, 5) is 24.3. The molecule has 0 bridgehead atoms. The lowest BCUT2D eigenvalue weighted by Crippen LogP contribution is -2.55. The van der Waals surface area contributed by atoms with E-state index in [9.17, 15) is 9.59 Å². The van der Waals surface area contributed by atoms with Gasteiger partial charge in [-0.2, -0.15) is 0 Å². The van der Waals surface area contributed by atoms with Crippen LogP contribution in [0.5, 0.6) is 0 Å². The Labute approximate surface area is 117 Å². The molecule has 0 aromatic carbocycles. The van der Waals surface area contributed by atoms with Crippen molar-refractivity contribution in [1.82, 2.24) is 9.13 Å². The predicted octanol–water partition coefficient (Wildman–Crippen LogP) is 2.03. The Morgan fingerprint density at radius 1 is 0.947 bits per heavy atom. The highest BCUT2D eigenvalue weighted by molar-refractivity contribution is 6.95. The number of hydrogen-bond donors (Lipinski definition) is 0. The molecule has 2 rings (SSSR count). The lowest BCUT2D eigenvalue weighted by atomic mass is 10.4. The molecule has 0 aromatic rings. The summed E-state index contributed by atoms with van der Waals surface area (Å²) in [5.74, 6) is -0.307. The molecule has 1 fully saturated rings. The van der Waals surface area contributed by atoms with Gasteiger partial charge < -0.3 is 4.23 Å². The van der Waals surface area contributed by atoms with Crippen molar-refractivity contribution >= 4 is 28.3 Å². The van der Waals surface area contributed by atoms with Crippen molar-refractivity contribution in [2.75, 3.05) is 13.1 Å². The summed E-state index contributed by atoms with van der Waals surface area (Å²) in [5, 5.41) is 0. The van der Waals surface area contributed by atoms with Crippen LogP contribution in [-0.2, 0) is 9.59 Å². The van der Waals surface area contributed by atoms with E-state index >= 15 is 0 Å². The van der Waals surface area contributed by atoms with Crippen LogP contribution in [0.1, 0.15) is 6.42 Å². The summed E-state index contributed by atoms with van der Waals surface area (Å²) in [5.41, 5.74) is 0. The highest BCUT2D eigenvalue weighted by Gasteiger charge is 2.46. The van der Waals surface area contributed by atoms with Crippen molar-refractivity contribution in [2.45, 2.75) is 44.7 Å². The summed E-state index contributed by atoms with van der Waals surface area (Å²) in [7, 11) is -2.45. The van der Waals surface area contributed by atoms with E-state index in [1.807, 2.05) is 0 Å². The van der Waals surface area contributed by atoms with Crippen LogP contribution in [0.25, 0.3) is 0 Å². The fraction of sp³-hybridized carbons (Fsp3) is 0.692. The third kappa shape index (κ3) is 2.90. The Morgan fingerprint density at radius 3 is 1.89 bits per heavy atom. The maximum Gasteiger partial charge on any atom is 0.253 e. The first-order valence-corrected chi connectivity index (χ1v) is 13.4. The topological polar surface area (TPSA) is 40.6 Å². The number of carbonyl (C=O) groups is 2. The summed E-state index contributed by atoms with van der Waals surface area (Å²) in [6.07, 6.45) is 3.65. The second-order valence-corrected chi connectivity index (χ2v) is 16.6. The molecule has 106 valence electrons. The second-order valence-electron chi connectivity index (χ2n) is 6.79. The van der Waals surface area contributed by atoms with Crippen LogP contribution in [0, 0.1) is 0 Å². The first-order valence-electron chi connectivity index (χ1n) is 7.05. The van der Waals surface area contributed by atoms with Gasteiger partial charge >= 0.3 is 0 Å². The van der Waals surface area contributed by atoms with Crippen LogP contribution in [0.3, 0.4) is 0 Å². The summed E-state index contributed by atoms with van der Waals surface area (Å²) < 4.78 is 2.79. The number of nitrogens with zero attached hydrogens (tertiary/aromatic N) is 2. The molecule has 0 saturated carbocycles. The Morgan fingerprint density at radius 2 is 1.42 bits per heavy atom. The number of hydrogen-bond acceptors (Lipinski definition) is 3. The van der Waals surface area contributed by atoms with Crippen LogP contribution < -0.4 is 0 Å². The van der Waals surface area contributed by atoms with Gasteiger partial charge in [-0.25, -0.2) is 0 Å². The normalized spacial score (nSPS) is 25.6. The maximum atomic E-state index is 11.5. The van der Waals surface area contributed by atoms with Gasteiger partial charge in [0.1, 0.15) is 16.5 Å². The molecule has 2 aliphatic rings. The van der Waals surface area contributed by atoms with Crippen LogP contribution in [0.15, 0.2) is 12.2 Å². The monoisotopic (exact) mass is 296 g/mol. The van der Waals surface area contributed by atoms with Crippen LogP contribution in [0.4, 0.5) is 0 Å². The number of rotatable bonds is 4. The standard InChI is InChI=1S/C13H24N2O2Si2/c1-18(2)10-11-19(3,4)15(18)9-5-8-14-12(16)6-7-13(14)17/h6-7H,5,8-11H2,1-4H3. The second kappa shape index (κ2) is 4.99. The van der Waals surface area contributed by atoms with Gasteiger partial charge in [-0.05, 0) is 25.1 Å². The SMILES string of the molecule is C[Si]1(C)CC[Si](C)(C)N1CCCN1C(=O)C=CC1=O. The van der Waals surface area contributed by atoms with Crippen molar-refractivity contribution in [2.24, 2.45) is 0 Å². The zero-order valence-corrected chi connectivity index (χ0v) is 14.4. The molecule has 6 heteroatoms. The van der Waals surface area contributed by atoms with Crippen molar-refractivity contribution in [3.8, 4) is 0 Å². The molecule has 0 atom stereocenters.